The van der Waals surface area contributed by atoms with Crippen LogP contribution >= 0.6 is 11.6 Å². The van der Waals surface area contributed by atoms with Crippen LogP contribution in [0, 0.1) is 5.92 Å². The van der Waals surface area contributed by atoms with E-state index in [2.05, 4.69) is 11.1 Å². The van der Waals surface area contributed by atoms with E-state index in [1.807, 2.05) is 25.2 Å². The summed E-state index contributed by atoms with van der Waals surface area (Å²) in [5.41, 5.74) is 1.06. The van der Waals surface area contributed by atoms with Crippen LogP contribution < -0.4 is 0 Å². The third-order valence-electron chi connectivity index (χ3n) is 1.79. The molecule has 0 heterocycles. The molecule has 2 unspecified atom stereocenters. The van der Waals surface area contributed by atoms with Crippen molar-refractivity contribution in [1.82, 2.24) is 0 Å². The molecule has 2 atom stereocenters. The van der Waals surface area contributed by atoms with Gasteiger partial charge in [-0.15, -0.1) is 11.6 Å². The number of alkyl halides is 1. The Bertz CT molecular complexity index is 214. The van der Waals surface area contributed by atoms with Crippen LogP contribution in [0.3, 0.4) is 0 Å². The summed E-state index contributed by atoms with van der Waals surface area (Å²) in [6.07, 6.45) is 8.08. The quantitative estimate of drug-likeness (QED) is 0.535. The Balaban J connectivity index is 2.80. The molecule has 0 radical (unpaired) electrons. The van der Waals surface area contributed by atoms with E-state index in [-0.39, 0.29) is 11.3 Å². The zero-order valence-electron chi connectivity index (χ0n) is 6.79. The summed E-state index contributed by atoms with van der Waals surface area (Å²) in [7, 11) is 1.80. The SMILES string of the molecule is CN=C1C=CC=CC1C(C)Cl. The van der Waals surface area contributed by atoms with Gasteiger partial charge >= 0.3 is 0 Å². The first kappa shape index (κ1) is 8.54. The summed E-state index contributed by atoms with van der Waals surface area (Å²) in [4.78, 5) is 4.14. The Morgan fingerprint density at radius 3 is 2.73 bits per heavy atom. The average molecular weight is 170 g/mol. The van der Waals surface area contributed by atoms with Crippen LogP contribution in [0.5, 0.6) is 0 Å². The molecule has 0 saturated carbocycles. The minimum absolute atomic E-state index is 0.120. The van der Waals surface area contributed by atoms with Crippen molar-refractivity contribution in [2.45, 2.75) is 12.3 Å². The molecule has 0 aromatic heterocycles. The molecule has 0 saturated heterocycles. The summed E-state index contributed by atoms with van der Waals surface area (Å²) in [5.74, 6) is 0.284. The highest BCUT2D eigenvalue weighted by molar-refractivity contribution is 6.23. The normalized spacial score (nSPS) is 29.4. The third kappa shape index (κ3) is 1.93. The van der Waals surface area contributed by atoms with E-state index in [9.17, 15) is 0 Å². The molecule has 0 N–H and O–H groups in total. The predicted molar refractivity (Wildman–Crippen MR) is 50.4 cm³/mol. The van der Waals surface area contributed by atoms with Gasteiger partial charge in [-0.05, 0) is 13.0 Å². The second-order valence-corrected chi connectivity index (χ2v) is 3.28. The smallest absolute Gasteiger partial charge is 0.0428 e. The van der Waals surface area contributed by atoms with Gasteiger partial charge in [-0.1, -0.05) is 18.2 Å². The number of halogens is 1. The van der Waals surface area contributed by atoms with Crippen molar-refractivity contribution in [3.63, 3.8) is 0 Å². The molecule has 0 bridgehead atoms. The Hall–Kier alpha value is -0.560. The summed E-state index contributed by atoms with van der Waals surface area (Å²) in [5, 5.41) is 0.120. The maximum absolute atomic E-state index is 5.96. The number of nitrogens with zero attached hydrogens (tertiary/aromatic N) is 1. The van der Waals surface area contributed by atoms with Gasteiger partial charge in [0.2, 0.25) is 0 Å². The molecule has 0 aromatic carbocycles. The van der Waals surface area contributed by atoms with Crippen molar-refractivity contribution >= 4 is 17.3 Å². The van der Waals surface area contributed by atoms with E-state index in [1.165, 1.54) is 0 Å². The van der Waals surface area contributed by atoms with Crippen molar-refractivity contribution < 1.29 is 0 Å². The van der Waals surface area contributed by atoms with Crippen LogP contribution in [0.4, 0.5) is 0 Å². The van der Waals surface area contributed by atoms with Gasteiger partial charge in [-0.2, -0.15) is 0 Å². The van der Waals surface area contributed by atoms with Crippen LogP contribution in [0.2, 0.25) is 0 Å². The zero-order valence-corrected chi connectivity index (χ0v) is 7.55. The molecular formula is C9H12ClN. The fraction of sp³-hybridized carbons (Fsp3) is 0.444. The molecule has 0 aromatic rings. The van der Waals surface area contributed by atoms with Crippen molar-refractivity contribution in [2.75, 3.05) is 7.05 Å². The lowest BCUT2D eigenvalue weighted by molar-refractivity contribution is 0.823. The van der Waals surface area contributed by atoms with E-state index in [1.54, 1.807) is 7.05 Å². The lowest BCUT2D eigenvalue weighted by Crippen LogP contribution is -2.20. The molecule has 0 fully saturated rings. The van der Waals surface area contributed by atoms with Gasteiger partial charge in [0.25, 0.3) is 0 Å². The number of allylic oxidation sites excluding steroid dienone is 4. The van der Waals surface area contributed by atoms with Crippen molar-refractivity contribution in [3.8, 4) is 0 Å². The minimum atomic E-state index is 0.120. The van der Waals surface area contributed by atoms with E-state index in [0.29, 0.717) is 0 Å². The highest BCUT2D eigenvalue weighted by Gasteiger charge is 2.17. The van der Waals surface area contributed by atoms with Gasteiger partial charge in [0.1, 0.15) is 0 Å². The van der Waals surface area contributed by atoms with Crippen LogP contribution in [0.25, 0.3) is 0 Å². The predicted octanol–water partition coefficient (Wildman–Crippen LogP) is 2.43. The largest absolute Gasteiger partial charge is 0.292 e. The first-order chi connectivity index (χ1) is 5.25. The number of rotatable bonds is 1. The van der Waals surface area contributed by atoms with E-state index < -0.39 is 0 Å². The Morgan fingerprint density at radius 2 is 2.27 bits per heavy atom. The molecule has 1 rings (SSSR count). The zero-order chi connectivity index (χ0) is 8.27. The minimum Gasteiger partial charge on any atom is -0.292 e. The van der Waals surface area contributed by atoms with E-state index in [4.69, 9.17) is 11.6 Å². The van der Waals surface area contributed by atoms with Crippen molar-refractivity contribution in [2.24, 2.45) is 10.9 Å². The lowest BCUT2D eigenvalue weighted by atomic mass is 9.95. The number of aliphatic imine (C=N–C) groups is 1. The summed E-state index contributed by atoms with van der Waals surface area (Å²) in [6.45, 7) is 1.99. The van der Waals surface area contributed by atoms with Crippen LogP contribution in [0.1, 0.15) is 6.92 Å². The van der Waals surface area contributed by atoms with Gasteiger partial charge in [0.15, 0.2) is 0 Å². The van der Waals surface area contributed by atoms with E-state index in [0.717, 1.165) is 5.71 Å². The molecule has 1 nitrogen and oxygen atoms in total. The Morgan fingerprint density at radius 1 is 1.55 bits per heavy atom. The molecule has 1 aliphatic rings. The fourth-order valence-corrected chi connectivity index (χ4v) is 1.37. The maximum Gasteiger partial charge on any atom is 0.0428 e. The molecule has 11 heavy (non-hydrogen) atoms. The Labute approximate surface area is 72.5 Å². The van der Waals surface area contributed by atoms with Gasteiger partial charge in [-0.3, -0.25) is 4.99 Å². The molecule has 1 aliphatic carbocycles. The maximum atomic E-state index is 5.96. The van der Waals surface area contributed by atoms with Crippen molar-refractivity contribution in [3.05, 3.63) is 24.3 Å². The van der Waals surface area contributed by atoms with Crippen LogP contribution in [0.15, 0.2) is 29.3 Å². The van der Waals surface area contributed by atoms with Gasteiger partial charge in [-0.25, -0.2) is 0 Å². The second-order valence-electron chi connectivity index (χ2n) is 2.60. The first-order valence-corrected chi connectivity index (χ1v) is 4.15. The monoisotopic (exact) mass is 169 g/mol. The molecule has 0 spiro atoms. The molecule has 2 heteroatoms. The van der Waals surface area contributed by atoms with Gasteiger partial charge in [0, 0.05) is 24.1 Å². The highest BCUT2D eigenvalue weighted by Crippen LogP contribution is 2.17. The topological polar surface area (TPSA) is 12.4 Å². The average Bonchev–Trinajstić information content (AvgIpc) is 2.04. The number of hydrogen-bond acceptors (Lipinski definition) is 1. The molecule has 60 valence electrons. The third-order valence-corrected chi connectivity index (χ3v) is 2.06. The Kier molecular flexibility index (Phi) is 2.89. The van der Waals surface area contributed by atoms with Gasteiger partial charge < -0.3 is 0 Å². The fourth-order valence-electron chi connectivity index (χ4n) is 1.16. The summed E-state index contributed by atoms with van der Waals surface area (Å²) in [6, 6.07) is 0. The molecule has 0 amide bonds. The van der Waals surface area contributed by atoms with E-state index >= 15 is 0 Å². The highest BCUT2D eigenvalue weighted by atomic mass is 35.5. The second kappa shape index (κ2) is 3.72. The lowest BCUT2D eigenvalue weighted by Gasteiger charge is -2.17. The molecular weight excluding hydrogens is 158 g/mol. The molecule has 0 aliphatic heterocycles. The van der Waals surface area contributed by atoms with Crippen molar-refractivity contribution in [1.29, 1.82) is 0 Å². The van der Waals surface area contributed by atoms with Crippen LogP contribution in [-0.4, -0.2) is 18.1 Å². The first-order valence-electron chi connectivity index (χ1n) is 3.71. The van der Waals surface area contributed by atoms with Crippen LogP contribution in [-0.2, 0) is 0 Å². The summed E-state index contributed by atoms with van der Waals surface area (Å²) >= 11 is 5.96. The number of hydrogen-bond donors (Lipinski definition) is 0. The standard InChI is InChI=1S/C9H12ClN/c1-7(10)8-5-3-4-6-9(8)11-2/h3-8H,1-2H3. The summed E-state index contributed by atoms with van der Waals surface area (Å²) < 4.78 is 0. The van der Waals surface area contributed by atoms with Gasteiger partial charge in [0.05, 0.1) is 0 Å².